The van der Waals surface area contributed by atoms with Crippen LogP contribution < -0.4 is 11.2 Å². The molecule has 2 heterocycles. The van der Waals surface area contributed by atoms with Crippen LogP contribution in [0.5, 0.6) is 0 Å². The average molecular weight is 293 g/mol. The molecule has 20 heavy (non-hydrogen) atoms. The van der Waals surface area contributed by atoms with Crippen molar-refractivity contribution in [1.82, 2.24) is 20.2 Å². The highest BCUT2D eigenvalue weighted by Crippen LogP contribution is 2.24. The lowest BCUT2D eigenvalue weighted by atomic mass is 10.2. The molecule has 2 aromatic heterocycles. The number of furan rings is 1. The molecule has 2 aromatic rings. The van der Waals surface area contributed by atoms with Crippen molar-refractivity contribution < 1.29 is 9.21 Å². The van der Waals surface area contributed by atoms with E-state index in [-0.39, 0.29) is 11.7 Å². The predicted molar refractivity (Wildman–Crippen MR) is 76.5 cm³/mol. The highest BCUT2D eigenvalue weighted by Gasteiger charge is 2.16. The summed E-state index contributed by atoms with van der Waals surface area (Å²) in [6.07, 6.45) is 3.18. The normalized spacial score (nSPS) is 10.4. The van der Waals surface area contributed by atoms with Crippen LogP contribution in [0.1, 0.15) is 5.76 Å². The van der Waals surface area contributed by atoms with Crippen LogP contribution in [0.2, 0.25) is 0 Å². The van der Waals surface area contributed by atoms with Gasteiger partial charge in [-0.1, -0.05) is 17.8 Å². The standard InChI is InChI=1S/C12H15N5O2S/c1-3-5-14-10(18)7-20-12-16-15-11(17(12)13)9-4-6-19-8(9)2/h3-4,6H,1,5,7,13H2,2H3,(H,14,18). The van der Waals surface area contributed by atoms with Crippen LogP contribution in [-0.4, -0.2) is 33.1 Å². The van der Waals surface area contributed by atoms with Gasteiger partial charge in [0.1, 0.15) is 5.76 Å². The molecular formula is C12H15N5O2S. The maximum Gasteiger partial charge on any atom is 0.230 e. The zero-order valence-corrected chi connectivity index (χ0v) is 11.8. The first-order valence-electron chi connectivity index (χ1n) is 5.88. The molecule has 2 rings (SSSR count). The fourth-order valence-electron chi connectivity index (χ4n) is 1.54. The van der Waals surface area contributed by atoms with E-state index in [9.17, 15) is 4.79 Å². The van der Waals surface area contributed by atoms with E-state index in [4.69, 9.17) is 10.3 Å². The van der Waals surface area contributed by atoms with Gasteiger partial charge in [0.2, 0.25) is 11.1 Å². The molecule has 0 aliphatic carbocycles. The Balaban J connectivity index is 2.04. The number of nitrogens with zero attached hydrogens (tertiary/aromatic N) is 3. The smallest absolute Gasteiger partial charge is 0.230 e. The SMILES string of the molecule is C=CCNC(=O)CSc1nnc(-c2ccoc2C)n1N. The number of nitrogen functional groups attached to an aromatic ring is 1. The molecule has 0 radical (unpaired) electrons. The van der Waals surface area contributed by atoms with Gasteiger partial charge in [-0.15, -0.1) is 16.8 Å². The van der Waals surface area contributed by atoms with E-state index in [1.165, 1.54) is 16.4 Å². The molecule has 0 aliphatic heterocycles. The number of hydrogen-bond donors (Lipinski definition) is 2. The molecule has 0 atom stereocenters. The Hall–Kier alpha value is -2.22. The summed E-state index contributed by atoms with van der Waals surface area (Å²) in [6, 6.07) is 1.77. The van der Waals surface area contributed by atoms with E-state index in [0.717, 1.165) is 5.56 Å². The Morgan fingerprint density at radius 2 is 2.45 bits per heavy atom. The van der Waals surface area contributed by atoms with Gasteiger partial charge in [-0.05, 0) is 13.0 Å². The fraction of sp³-hybridized carbons (Fsp3) is 0.250. The van der Waals surface area contributed by atoms with Crippen LogP contribution in [0.25, 0.3) is 11.4 Å². The number of hydrogen-bond acceptors (Lipinski definition) is 6. The van der Waals surface area contributed by atoms with E-state index >= 15 is 0 Å². The van der Waals surface area contributed by atoms with Crippen molar-refractivity contribution in [2.24, 2.45) is 0 Å². The Morgan fingerprint density at radius 3 is 3.10 bits per heavy atom. The number of nitrogens with two attached hydrogens (primary N) is 1. The van der Waals surface area contributed by atoms with Gasteiger partial charge in [0.15, 0.2) is 5.82 Å². The third kappa shape index (κ3) is 3.02. The molecule has 0 unspecified atom stereocenters. The molecule has 0 saturated carbocycles. The predicted octanol–water partition coefficient (Wildman–Crippen LogP) is 0.955. The van der Waals surface area contributed by atoms with Gasteiger partial charge in [0.05, 0.1) is 17.6 Å². The molecule has 0 bridgehead atoms. The first-order valence-corrected chi connectivity index (χ1v) is 6.87. The lowest BCUT2D eigenvalue weighted by Crippen LogP contribution is -2.25. The van der Waals surface area contributed by atoms with Gasteiger partial charge >= 0.3 is 0 Å². The van der Waals surface area contributed by atoms with Crippen molar-refractivity contribution >= 4 is 17.7 Å². The van der Waals surface area contributed by atoms with Gasteiger partial charge in [0, 0.05) is 6.54 Å². The molecule has 0 spiro atoms. The topological polar surface area (TPSA) is 99.0 Å². The van der Waals surface area contributed by atoms with E-state index in [1.807, 2.05) is 6.92 Å². The van der Waals surface area contributed by atoms with E-state index in [1.54, 1.807) is 18.4 Å². The molecule has 0 aromatic carbocycles. The third-order valence-corrected chi connectivity index (χ3v) is 3.48. The summed E-state index contributed by atoms with van der Waals surface area (Å²) in [5, 5.41) is 11.1. The number of carbonyl (C=O) groups excluding carboxylic acids is 1. The highest BCUT2D eigenvalue weighted by atomic mass is 32.2. The summed E-state index contributed by atoms with van der Waals surface area (Å²) in [5.41, 5.74) is 0.781. The second-order valence-corrected chi connectivity index (χ2v) is 4.89. The summed E-state index contributed by atoms with van der Waals surface area (Å²) >= 11 is 1.22. The van der Waals surface area contributed by atoms with Gasteiger partial charge in [-0.25, -0.2) is 4.68 Å². The third-order valence-electron chi connectivity index (χ3n) is 2.54. The lowest BCUT2D eigenvalue weighted by molar-refractivity contribution is -0.118. The monoisotopic (exact) mass is 293 g/mol. The van der Waals surface area contributed by atoms with Crippen molar-refractivity contribution in [2.45, 2.75) is 12.1 Å². The number of rotatable bonds is 6. The maximum atomic E-state index is 11.5. The summed E-state index contributed by atoms with van der Waals surface area (Å²) in [7, 11) is 0. The second-order valence-electron chi connectivity index (χ2n) is 3.95. The fourth-order valence-corrected chi connectivity index (χ4v) is 2.23. The second kappa shape index (κ2) is 6.29. The Labute approximate surface area is 120 Å². The van der Waals surface area contributed by atoms with Crippen LogP contribution in [0.15, 0.2) is 34.6 Å². The van der Waals surface area contributed by atoms with Crippen molar-refractivity contribution in [3.05, 3.63) is 30.7 Å². The van der Waals surface area contributed by atoms with Crippen molar-refractivity contribution in [3.8, 4) is 11.4 Å². The van der Waals surface area contributed by atoms with Crippen LogP contribution in [0.3, 0.4) is 0 Å². The molecule has 1 amide bonds. The molecule has 0 aliphatic rings. The number of nitrogens with one attached hydrogen (secondary N) is 1. The minimum atomic E-state index is -0.112. The summed E-state index contributed by atoms with van der Waals surface area (Å²) in [4.78, 5) is 11.5. The van der Waals surface area contributed by atoms with Crippen LogP contribution >= 0.6 is 11.8 Å². The molecule has 0 saturated heterocycles. The van der Waals surface area contributed by atoms with E-state index in [0.29, 0.717) is 23.3 Å². The van der Waals surface area contributed by atoms with Gasteiger partial charge in [0.25, 0.3) is 0 Å². The molecular weight excluding hydrogens is 278 g/mol. The minimum Gasteiger partial charge on any atom is -0.469 e. The first kappa shape index (κ1) is 14.2. The number of aryl methyl sites for hydroxylation is 1. The summed E-state index contributed by atoms with van der Waals surface area (Å²) in [5.74, 6) is 7.25. The summed E-state index contributed by atoms with van der Waals surface area (Å²) in [6.45, 7) is 5.79. The van der Waals surface area contributed by atoms with Crippen molar-refractivity contribution in [2.75, 3.05) is 18.1 Å². The van der Waals surface area contributed by atoms with Crippen LogP contribution in [0, 0.1) is 6.92 Å². The largest absolute Gasteiger partial charge is 0.469 e. The van der Waals surface area contributed by atoms with Crippen LogP contribution in [0.4, 0.5) is 0 Å². The molecule has 0 fully saturated rings. The minimum absolute atomic E-state index is 0.112. The van der Waals surface area contributed by atoms with Crippen molar-refractivity contribution in [3.63, 3.8) is 0 Å². The number of carbonyl (C=O) groups is 1. The van der Waals surface area contributed by atoms with Crippen molar-refractivity contribution in [1.29, 1.82) is 0 Å². The molecule has 106 valence electrons. The first-order chi connectivity index (χ1) is 9.63. The highest BCUT2D eigenvalue weighted by molar-refractivity contribution is 7.99. The quantitative estimate of drug-likeness (QED) is 0.467. The van der Waals surface area contributed by atoms with Gasteiger partial charge < -0.3 is 15.6 Å². The van der Waals surface area contributed by atoms with Gasteiger partial charge in [-0.2, -0.15) is 0 Å². The maximum absolute atomic E-state index is 11.5. The zero-order valence-electron chi connectivity index (χ0n) is 11.0. The van der Waals surface area contributed by atoms with Gasteiger partial charge in [-0.3, -0.25) is 4.79 Å². The molecule has 8 heteroatoms. The van der Waals surface area contributed by atoms with E-state index in [2.05, 4.69) is 22.1 Å². The average Bonchev–Trinajstić information content (AvgIpc) is 3.00. The number of amides is 1. The Bertz CT molecular complexity index is 619. The Morgan fingerprint density at radius 1 is 1.65 bits per heavy atom. The lowest BCUT2D eigenvalue weighted by Gasteiger charge is -2.03. The number of aromatic nitrogens is 3. The zero-order chi connectivity index (χ0) is 14.5. The molecule has 7 nitrogen and oxygen atoms in total. The number of thioether (sulfide) groups is 1. The van der Waals surface area contributed by atoms with E-state index < -0.39 is 0 Å². The summed E-state index contributed by atoms with van der Waals surface area (Å²) < 4.78 is 6.56. The molecule has 3 N–H and O–H groups in total. The van der Waals surface area contributed by atoms with Crippen LogP contribution in [-0.2, 0) is 4.79 Å². The Kier molecular flexibility index (Phi) is 4.46.